The first-order valence-electron chi connectivity index (χ1n) is 9.63. The van der Waals surface area contributed by atoms with Crippen LogP contribution in [-0.4, -0.2) is 65.2 Å². The van der Waals surface area contributed by atoms with Gasteiger partial charge in [0, 0.05) is 44.5 Å². The molecule has 0 unspecified atom stereocenters. The van der Waals surface area contributed by atoms with Crippen LogP contribution in [0.1, 0.15) is 17.3 Å². The maximum atomic E-state index is 12.6. The molecule has 1 aliphatic heterocycles. The van der Waals surface area contributed by atoms with Crippen LogP contribution in [-0.2, 0) is 14.8 Å². The van der Waals surface area contributed by atoms with E-state index in [0.29, 0.717) is 12.1 Å². The van der Waals surface area contributed by atoms with Crippen LogP contribution in [0.5, 0.6) is 0 Å². The Morgan fingerprint density at radius 3 is 2.24 bits per heavy atom. The number of carbonyl (C=O) groups is 1. The second-order valence-corrected chi connectivity index (χ2v) is 8.84. The van der Waals surface area contributed by atoms with Gasteiger partial charge in [0.15, 0.2) is 0 Å². The normalized spacial score (nSPS) is 16.4. The average molecular weight is 418 g/mol. The molecule has 29 heavy (non-hydrogen) atoms. The number of sulfonamides is 1. The van der Waals surface area contributed by atoms with E-state index in [9.17, 15) is 13.2 Å². The summed E-state index contributed by atoms with van der Waals surface area (Å²) >= 11 is 0. The van der Waals surface area contributed by atoms with Gasteiger partial charge in [0.2, 0.25) is 10.0 Å². The first-order valence-corrected chi connectivity index (χ1v) is 11.1. The summed E-state index contributed by atoms with van der Waals surface area (Å²) < 4.78 is 32.4. The first-order chi connectivity index (χ1) is 13.9. The van der Waals surface area contributed by atoms with Gasteiger partial charge in [-0.1, -0.05) is 18.2 Å². The molecule has 1 fully saturated rings. The summed E-state index contributed by atoms with van der Waals surface area (Å²) in [4.78, 5) is 16.3. The molecule has 0 saturated carbocycles. The number of hydrogen-bond acceptors (Lipinski definition) is 6. The number of benzene rings is 2. The highest BCUT2D eigenvalue weighted by Gasteiger charge is 2.23. The van der Waals surface area contributed by atoms with Gasteiger partial charge in [0.05, 0.1) is 17.6 Å². The van der Waals surface area contributed by atoms with Gasteiger partial charge in [-0.25, -0.2) is 17.9 Å². The van der Waals surface area contributed by atoms with E-state index in [-0.39, 0.29) is 10.9 Å². The molecule has 156 valence electrons. The van der Waals surface area contributed by atoms with E-state index in [1.807, 2.05) is 25.1 Å². The van der Waals surface area contributed by atoms with Crippen molar-refractivity contribution in [3.63, 3.8) is 0 Å². The van der Waals surface area contributed by atoms with E-state index in [2.05, 4.69) is 31.4 Å². The number of nitrogens with one attached hydrogen (secondary N) is 1. The number of nitrogens with zero attached hydrogens (tertiary/aromatic N) is 2. The van der Waals surface area contributed by atoms with Crippen molar-refractivity contribution in [2.45, 2.75) is 17.9 Å². The predicted octanol–water partition coefficient (Wildman–Crippen LogP) is 1.96. The number of rotatable bonds is 7. The molecule has 0 radical (unpaired) electrons. The smallest absolute Gasteiger partial charge is 0.337 e. The fourth-order valence-electron chi connectivity index (χ4n) is 3.39. The standard InChI is InChI=1S/C21H27N3O4S/c1-17(23-12-14-24(15-13-23)19-6-4-3-5-7-19)16-22-29(26,27)20-10-8-18(9-11-20)21(25)28-2/h3-11,17,22H,12-16H2,1-2H3/t17-/m1/s1. The molecular weight excluding hydrogens is 390 g/mol. The number of esters is 1. The van der Waals surface area contributed by atoms with Crippen LogP contribution >= 0.6 is 0 Å². The molecule has 0 aliphatic carbocycles. The van der Waals surface area contributed by atoms with Crippen molar-refractivity contribution in [1.82, 2.24) is 9.62 Å². The molecule has 1 heterocycles. The maximum absolute atomic E-state index is 12.6. The Balaban J connectivity index is 1.52. The van der Waals surface area contributed by atoms with Crippen LogP contribution in [0.25, 0.3) is 0 Å². The Hall–Kier alpha value is -2.42. The third kappa shape index (κ3) is 5.35. The molecule has 2 aromatic rings. The third-order valence-corrected chi connectivity index (χ3v) is 6.65. The minimum absolute atomic E-state index is 0.0806. The van der Waals surface area contributed by atoms with Crippen molar-refractivity contribution in [1.29, 1.82) is 0 Å². The molecule has 1 saturated heterocycles. The van der Waals surface area contributed by atoms with Gasteiger partial charge in [-0.3, -0.25) is 4.90 Å². The lowest BCUT2D eigenvalue weighted by atomic mass is 10.2. The van der Waals surface area contributed by atoms with Gasteiger partial charge in [0.25, 0.3) is 0 Å². The van der Waals surface area contributed by atoms with Gasteiger partial charge in [0.1, 0.15) is 0 Å². The van der Waals surface area contributed by atoms with Crippen LogP contribution in [0.3, 0.4) is 0 Å². The number of piperazine rings is 1. The Bertz CT molecular complexity index is 909. The van der Waals surface area contributed by atoms with Crippen molar-refractivity contribution >= 4 is 21.7 Å². The number of methoxy groups -OCH3 is 1. The zero-order valence-corrected chi connectivity index (χ0v) is 17.6. The minimum atomic E-state index is -3.64. The van der Waals surface area contributed by atoms with Gasteiger partial charge >= 0.3 is 5.97 Å². The Labute approximate surface area is 172 Å². The van der Waals surface area contributed by atoms with Crippen molar-refractivity contribution < 1.29 is 17.9 Å². The summed E-state index contributed by atoms with van der Waals surface area (Å²) in [5, 5.41) is 0. The highest BCUT2D eigenvalue weighted by atomic mass is 32.2. The molecule has 1 atom stereocenters. The zero-order valence-electron chi connectivity index (χ0n) is 16.7. The lowest BCUT2D eigenvalue weighted by Crippen LogP contribution is -2.52. The van der Waals surface area contributed by atoms with E-state index in [1.54, 1.807) is 0 Å². The van der Waals surface area contributed by atoms with E-state index >= 15 is 0 Å². The molecule has 0 amide bonds. The summed E-state index contributed by atoms with van der Waals surface area (Å²) in [6, 6.07) is 16.1. The minimum Gasteiger partial charge on any atom is -0.465 e. The molecule has 8 heteroatoms. The molecule has 0 spiro atoms. The SMILES string of the molecule is COC(=O)c1ccc(S(=O)(=O)NC[C@@H](C)N2CCN(c3ccccc3)CC2)cc1. The quantitative estimate of drug-likeness (QED) is 0.694. The van der Waals surface area contributed by atoms with Crippen LogP contribution in [0.2, 0.25) is 0 Å². The van der Waals surface area contributed by atoms with E-state index in [1.165, 1.54) is 37.1 Å². The van der Waals surface area contributed by atoms with Crippen LogP contribution in [0.15, 0.2) is 59.5 Å². The topological polar surface area (TPSA) is 78.9 Å². The fraction of sp³-hybridized carbons (Fsp3) is 0.381. The molecule has 1 N–H and O–H groups in total. The lowest BCUT2D eigenvalue weighted by Gasteiger charge is -2.39. The largest absolute Gasteiger partial charge is 0.465 e. The number of carbonyl (C=O) groups excluding carboxylic acids is 1. The Morgan fingerprint density at radius 1 is 1.03 bits per heavy atom. The summed E-state index contributed by atoms with van der Waals surface area (Å²) in [5.41, 5.74) is 1.53. The number of para-hydroxylation sites is 1. The molecular formula is C21H27N3O4S. The fourth-order valence-corrected chi connectivity index (χ4v) is 4.51. The summed E-state index contributed by atoms with van der Waals surface area (Å²) in [6.45, 7) is 5.94. The lowest BCUT2D eigenvalue weighted by molar-refractivity contribution is 0.0600. The van der Waals surface area contributed by atoms with Gasteiger partial charge in [-0.2, -0.15) is 0 Å². The van der Waals surface area contributed by atoms with E-state index in [0.717, 1.165) is 26.2 Å². The van der Waals surface area contributed by atoms with Crippen LogP contribution in [0.4, 0.5) is 5.69 Å². The third-order valence-electron chi connectivity index (χ3n) is 5.21. The monoisotopic (exact) mass is 417 g/mol. The molecule has 7 nitrogen and oxygen atoms in total. The molecule has 0 aromatic heterocycles. The second-order valence-electron chi connectivity index (χ2n) is 7.08. The van der Waals surface area contributed by atoms with Gasteiger partial charge in [-0.15, -0.1) is 0 Å². The molecule has 2 aromatic carbocycles. The Morgan fingerprint density at radius 2 is 1.66 bits per heavy atom. The van der Waals surface area contributed by atoms with Crippen molar-refractivity contribution in [3.8, 4) is 0 Å². The predicted molar refractivity (Wildman–Crippen MR) is 113 cm³/mol. The molecule has 3 rings (SSSR count). The maximum Gasteiger partial charge on any atom is 0.337 e. The van der Waals surface area contributed by atoms with E-state index in [4.69, 9.17) is 0 Å². The average Bonchev–Trinajstić information content (AvgIpc) is 2.77. The highest BCUT2D eigenvalue weighted by molar-refractivity contribution is 7.89. The van der Waals surface area contributed by atoms with Crippen LogP contribution < -0.4 is 9.62 Å². The highest BCUT2D eigenvalue weighted by Crippen LogP contribution is 2.17. The van der Waals surface area contributed by atoms with Gasteiger partial charge < -0.3 is 9.64 Å². The number of ether oxygens (including phenoxy) is 1. The van der Waals surface area contributed by atoms with Crippen molar-refractivity contribution in [3.05, 3.63) is 60.2 Å². The second kappa shape index (κ2) is 9.39. The van der Waals surface area contributed by atoms with Gasteiger partial charge in [-0.05, 0) is 43.3 Å². The Kier molecular flexibility index (Phi) is 6.89. The summed E-state index contributed by atoms with van der Waals surface area (Å²) in [6.07, 6.45) is 0. The number of anilines is 1. The van der Waals surface area contributed by atoms with Crippen LogP contribution in [0, 0.1) is 0 Å². The van der Waals surface area contributed by atoms with Crippen molar-refractivity contribution in [2.75, 3.05) is 44.7 Å². The number of hydrogen-bond donors (Lipinski definition) is 1. The van der Waals surface area contributed by atoms with E-state index < -0.39 is 16.0 Å². The first kappa shape index (κ1) is 21.3. The summed E-state index contributed by atoms with van der Waals surface area (Å²) in [7, 11) is -2.35. The summed E-state index contributed by atoms with van der Waals surface area (Å²) in [5.74, 6) is -0.495. The molecule has 0 bridgehead atoms. The van der Waals surface area contributed by atoms with Crippen molar-refractivity contribution in [2.24, 2.45) is 0 Å². The zero-order chi connectivity index (χ0) is 20.9. The molecule has 1 aliphatic rings.